The van der Waals surface area contributed by atoms with Crippen LogP contribution >= 0.6 is 22.9 Å². The Morgan fingerprint density at radius 2 is 1.90 bits per heavy atom. The minimum absolute atomic E-state index is 0.136. The second kappa shape index (κ2) is 7.89. The molecular formula is C21H17ClN4O3S. The van der Waals surface area contributed by atoms with Gasteiger partial charge in [0, 0.05) is 15.5 Å². The van der Waals surface area contributed by atoms with Crippen LogP contribution in [-0.4, -0.2) is 29.4 Å². The van der Waals surface area contributed by atoms with Gasteiger partial charge in [0.05, 0.1) is 17.7 Å². The number of nitrogens with zero attached hydrogens (tertiary/aromatic N) is 1. The number of halogens is 1. The molecule has 1 fully saturated rings. The number of urea groups is 1. The van der Waals surface area contributed by atoms with Crippen LogP contribution in [0.15, 0.2) is 54.0 Å². The molecule has 0 aliphatic carbocycles. The zero-order valence-electron chi connectivity index (χ0n) is 15.9. The first kappa shape index (κ1) is 20.1. The molecule has 1 aliphatic heterocycles. The zero-order chi connectivity index (χ0) is 21.3. The predicted molar refractivity (Wildman–Crippen MR) is 114 cm³/mol. The molecular weight excluding hydrogens is 424 g/mol. The number of aryl methyl sites for hydroxylation is 1. The van der Waals surface area contributed by atoms with Gasteiger partial charge in [0.15, 0.2) is 5.54 Å². The smallest absolute Gasteiger partial charge is 0.322 e. The number of imide groups is 1. The second-order valence-electron chi connectivity index (χ2n) is 6.81. The van der Waals surface area contributed by atoms with E-state index in [2.05, 4.69) is 20.9 Å². The van der Waals surface area contributed by atoms with E-state index in [-0.39, 0.29) is 12.5 Å². The summed E-state index contributed by atoms with van der Waals surface area (Å²) in [5, 5.41) is 8.27. The third kappa shape index (κ3) is 3.55. The standard InChI is InChI=1S/C21H17ClN4O3S/c1-12-17(24-11-30-12)21(19(28)25-20(29)26-21)10-23-18(27)16-5-3-2-4-15(16)13-6-8-14(22)9-7-13/h2-9,11H,10H2,1H3,(H,23,27)(H2,25,26,28,29). The number of nitrogens with one attached hydrogen (secondary N) is 3. The second-order valence-corrected chi connectivity index (χ2v) is 8.30. The summed E-state index contributed by atoms with van der Waals surface area (Å²) in [5.74, 6) is -0.922. The molecule has 1 atom stereocenters. The molecule has 0 radical (unpaired) electrons. The quantitative estimate of drug-likeness (QED) is 0.530. The highest BCUT2D eigenvalue weighted by atomic mass is 35.5. The van der Waals surface area contributed by atoms with E-state index < -0.39 is 17.5 Å². The lowest BCUT2D eigenvalue weighted by molar-refractivity contribution is -0.124. The van der Waals surface area contributed by atoms with Crippen molar-refractivity contribution in [1.82, 2.24) is 20.9 Å². The fraction of sp³-hybridized carbons (Fsp3) is 0.143. The Kier molecular flexibility index (Phi) is 5.27. The molecule has 7 nitrogen and oxygen atoms in total. The van der Waals surface area contributed by atoms with Crippen LogP contribution in [0.4, 0.5) is 4.79 Å². The summed E-state index contributed by atoms with van der Waals surface area (Å²) in [6.45, 7) is 1.67. The highest BCUT2D eigenvalue weighted by Crippen LogP contribution is 2.29. The van der Waals surface area contributed by atoms with Gasteiger partial charge in [-0.1, -0.05) is 41.9 Å². The van der Waals surface area contributed by atoms with Crippen LogP contribution in [0.25, 0.3) is 11.1 Å². The molecule has 3 N–H and O–H groups in total. The SMILES string of the molecule is Cc1scnc1C1(CNC(=O)c2ccccc2-c2ccc(Cl)cc2)NC(=O)NC1=O. The Bertz CT molecular complexity index is 1150. The summed E-state index contributed by atoms with van der Waals surface area (Å²) in [7, 11) is 0. The van der Waals surface area contributed by atoms with Crippen molar-refractivity contribution in [2.24, 2.45) is 0 Å². The molecule has 1 unspecified atom stereocenters. The van der Waals surface area contributed by atoms with E-state index >= 15 is 0 Å². The van der Waals surface area contributed by atoms with Crippen molar-refractivity contribution >= 4 is 40.8 Å². The molecule has 0 saturated carbocycles. The first-order chi connectivity index (χ1) is 14.4. The van der Waals surface area contributed by atoms with Gasteiger partial charge < -0.3 is 10.6 Å². The number of carbonyl (C=O) groups excluding carboxylic acids is 3. The van der Waals surface area contributed by atoms with Gasteiger partial charge in [-0.2, -0.15) is 0 Å². The van der Waals surface area contributed by atoms with Crippen LogP contribution in [0.3, 0.4) is 0 Å². The first-order valence-corrected chi connectivity index (χ1v) is 10.3. The summed E-state index contributed by atoms with van der Waals surface area (Å²) in [6, 6.07) is 13.7. The first-order valence-electron chi connectivity index (χ1n) is 9.08. The number of benzene rings is 2. The average Bonchev–Trinajstić information content (AvgIpc) is 3.29. The minimum atomic E-state index is -1.45. The van der Waals surface area contributed by atoms with Gasteiger partial charge in [-0.05, 0) is 36.2 Å². The summed E-state index contributed by atoms with van der Waals surface area (Å²) >= 11 is 7.33. The number of rotatable bonds is 5. The van der Waals surface area contributed by atoms with Crippen LogP contribution in [0.1, 0.15) is 20.9 Å². The molecule has 30 heavy (non-hydrogen) atoms. The third-order valence-electron chi connectivity index (χ3n) is 4.93. The van der Waals surface area contributed by atoms with Crippen molar-refractivity contribution in [3.05, 3.63) is 75.2 Å². The van der Waals surface area contributed by atoms with Gasteiger partial charge in [-0.15, -0.1) is 11.3 Å². The van der Waals surface area contributed by atoms with Crippen LogP contribution in [0, 0.1) is 6.92 Å². The number of carbonyl (C=O) groups is 3. The van der Waals surface area contributed by atoms with Crippen LogP contribution in [-0.2, 0) is 10.3 Å². The molecule has 0 bridgehead atoms. The van der Waals surface area contributed by atoms with Crippen molar-refractivity contribution in [1.29, 1.82) is 0 Å². The third-order valence-corrected chi connectivity index (χ3v) is 5.94. The maximum Gasteiger partial charge on any atom is 0.322 e. The van der Waals surface area contributed by atoms with Crippen LogP contribution < -0.4 is 16.0 Å². The summed E-state index contributed by atoms with van der Waals surface area (Å²) in [4.78, 5) is 42.6. The topological polar surface area (TPSA) is 100 Å². The average molecular weight is 441 g/mol. The maximum absolute atomic E-state index is 13.0. The fourth-order valence-corrected chi connectivity index (χ4v) is 4.23. The summed E-state index contributed by atoms with van der Waals surface area (Å²) in [5.41, 5.74) is 2.57. The van der Waals surface area contributed by atoms with Crippen LogP contribution in [0.2, 0.25) is 5.02 Å². The van der Waals surface area contributed by atoms with Crippen molar-refractivity contribution in [2.45, 2.75) is 12.5 Å². The Labute approximate surface area is 181 Å². The number of amides is 4. The molecule has 0 spiro atoms. The van der Waals surface area contributed by atoms with E-state index in [1.165, 1.54) is 11.3 Å². The molecule has 2 aromatic carbocycles. The molecule has 1 aromatic heterocycles. The van der Waals surface area contributed by atoms with Crippen molar-refractivity contribution in [2.75, 3.05) is 6.54 Å². The van der Waals surface area contributed by atoms with Gasteiger partial charge >= 0.3 is 6.03 Å². The molecule has 2 heterocycles. The Balaban J connectivity index is 1.63. The predicted octanol–water partition coefficient (Wildman–Crippen LogP) is 3.24. The fourth-order valence-electron chi connectivity index (χ4n) is 3.45. The molecule has 3 aromatic rings. The molecule has 4 amide bonds. The highest BCUT2D eigenvalue weighted by molar-refractivity contribution is 7.09. The summed E-state index contributed by atoms with van der Waals surface area (Å²) in [6.07, 6.45) is 0. The van der Waals surface area contributed by atoms with Crippen molar-refractivity contribution in [3.63, 3.8) is 0 Å². The Morgan fingerprint density at radius 3 is 2.53 bits per heavy atom. The number of thiazole rings is 1. The van der Waals surface area contributed by atoms with Crippen molar-refractivity contribution < 1.29 is 14.4 Å². The lowest BCUT2D eigenvalue weighted by Crippen LogP contribution is -2.53. The van der Waals surface area contributed by atoms with E-state index in [1.807, 2.05) is 31.2 Å². The van der Waals surface area contributed by atoms with Gasteiger partial charge in [-0.3, -0.25) is 14.9 Å². The summed E-state index contributed by atoms with van der Waals surface area (Å²) < 4.78 is 0. The molecule has 1 saturated heterocycles. The molecule has 4 rings (SSSR count). The Morgan fingerprint density at radius 1 is 1.17 bits per heavy atom. The molecule has 152 valence electrons. The lowest BCUT2D eigenvalue weighted by atomic mass is 9.93. The monoisotopic (exact) mass is 440 g/mol. The van der Waals surface area contributed by atoms with Gasteiger partial charge in [-0.25, -0.2) is 9.78 Å². The van der Waals surface area contributed by atoms with E-state index in [0.29, 0.717) is 16.3 Å². The highest BCUT2D eigenvalue weighted by Gasteiger charge is 2.50. The van der Waals surface area contributed by atoms with Gasteiger partial charge in [0.25, 0.3) is 11.8 Å². The van der Waals surface area contributed by atoms with E-state index in [0.717, 1.165) is 16.0 Å². The van der Waals surface area contributed by atoms with E-state index in [9.17, 15) is 14.4 Å². The van der Waals surface area contributed by atoms with E-state index in [4.69, 9.17) is 11.6 Å². The number of hydrogen-bond acceptors (Lipinski definition) is 5. The number of aromatic nitrogens is 1. The van der Waals surface area contributed by atoms with Crippen molar-refractivity contribution in [3.8, 4) is 11.1 Å². The number of hydrogen-bond donors (Lipinski definition) is 3. The molecule has 9 heteroatoms. The van der Waals surface area contributed by atoms with Crippen LogP contribution in [0.5, 0.6) is 0 Å². The molecule has 1 aliphatic rings. The normalized spacial score (nSPS) is 18.1. The largest absolute Gasteiger partial charge is 0.349 e. The van der Waals surface area contributed by atoms with Gasteiger partial charge in [0.2, 0.25) is 0 Å². The zero-order valence-corrected chi connectivity index (χ0v) is 17.4. The lowest BCUT2D eigenvalue weighted by Gasteiger charge is -2.25. The van der Waals surface area contributed by atoms with Gasteiger partial charge in [0.1, 0.15) is 0 Å². The maximum atomic E-state index is 13.0. The van der Waals surface area contributed by atoms with E-state index in [1.54, 1.807) is 29.8 Å². The minimum Gasteiger partial charge on any atom is -0.349 e. The Hall–Kier alpha value is -3.23.